The maximum atomic E-state index is 12.4. The van der Waals surface area contributed by atoms with E-state index in [1.54, 1.807) is 0 Å². The van der Waals surface area contributed by atoms with Crippen molar-refractivity contribution in [3.63, 3.8) is 0 Å². The Balaban J connectivity index is 1.14. The third-order valence-electron chi connectivity index (χ3n) is 6.54. The summed E-state index contributed by atoms with van der Waals surface area (Å²) in [6, 6.07) is 19.4. The molecule has 2 aliphatic heterocycles. The van der Waals surface area contributed by atoms with Gasteiger partial charge in [-0.2, -0.15) is 0 Å². The van der Waals surface area contributed by atoms with Gasteiger partial charge in [-0.1, -0.05) is 42.5 Å². The van der Waals surface area contributed by atoms with E-state index in [1.807, 2.05) is 0 Å². The molecule has 160 valence electrons. The number of piperidine rings is 1. The Kier molecular flexibility index (Phi) is 6.90. The van der Waals surface area contributed by atoms with Crippen LogP contribution in [-0.4, -0.2) is 49.7 Å². The molecule has 2 aromatic carbocycles. The van der Waals surface area contributed by atoms with Crippen molar-refractivity contribution in [3.05, 3.63) is 65.7 Å². The molecule has 0 unspecified atom stereocenters. The first-order valence-electron chi connectivity index (χ1n) is 11.3. The molecule has 2 fully saturated rings. The third kappa shape index (κ3) is 5.54. The van der Waals surface area contributed by atoms with Gasteiger partial charge >= 0.3 is 6.03 Å². The Morgan fingerprint density at radius 2 is 1.70 bits per heavy atom. The van der Waals surface area contributed by atoms with Gasteiger partial charge < -0.3 is 15.5 Å². The molecule has 2 aromatic rings. The number of nitrogens with one attached hydrogen (secondary N) is 2. The smallest absolute Gasteiger partial charge is 0.315 e. The molecule has 4 rings (SSSR count). The Morgan fingerprint density at radius 3 is 2.47 bits per heavy atom. The lowest BCUT2D eigenvalue weighted by atomic mass is 10.0. The average molecular weight is 407 g/mol. The zero-order valence-corrected chi connectivity index (χ0v) is 18.0. The molecule has 2 amide bonds. The zero-order valence-electron chi connectivity index (χ0n) is 18.0. The first kappa shape index (κ1) is 20.7. The van der Waals surface area contributed by atoms with Crippen molar-refractivity contribution in [2.45, 2.75) is 38.8 Å². The second kappa shape index (κ2) is 9.98. The quantitative estimate of drug-likeness (QED) is 0.767. The number of carbonyl (C=O) groups is 1. The minimum absolute atomic E-state index is 0.00878. The fourth-order valence-electron chi connectivity index (χ4n) is 4.61. The number of aryl methyl sites for hydroxylation is 1. The lowest BCUT2D eigenvalue weighted by Crippen LogP contribution is -2.48. The van der Waals surface area contributed by atoms with E-state index in [0.29, 0.717) is 5.92 Å². The fourth-order valence-corrected chi connectivity index (χ4v) is 4.61. The van der Waals surface area contributed by atoms with Crippen LogP contribution in [0.1, 0.15) is 30.4 Å². The van der Waals surface area contributed by atoms with Gasteiger partial charge in [-0.25, -0.2) is 4.79 Å². The van der Waals surface area contributed by atoms with Crippen molar-refractivity contribution in [1.29, 1.82) is 0 Å². The summed E-state index contributed by atoms with van der Waals surface area (Å²) in [5.74, 6) is 0.520. The summed E-state index contributed by atoms with van der Waals surface area (Å²) < 4.78 is 0. The molecule has 5 heteroatoms. The van der Waals surface area contributed by atoms with E-state index in [4.69, 9.17) is 0 Å². The van der Waals surface area contributed by atoms with Gasteiger partial charge in [0.2, 0.25) is 0 Å². The fraction of sp³-hybridized carbons (Fsp3) is 0.480. The molecule has 2 N–H and O–H groups in total. The highest BCUT2D eigenvalue weighted by atomic mass is 16.2. The molecule has 1 atom stereocenters. The van der Waals surface area contributed by atoms with Gasteiger partial charge in [0.25, 0.3) is 0 Å². The predicted molar refractivity (Wildman–Crippen MR) is 123 cm³/mol. The van der Waals surface area contributed by atoms with Crippen molar-refractivity contribution in [2.24, 2.45) is 5.92 Å². The molecule has 0 spiro atoms. The first-order valence-corrected chi connectivity index (χ1v) is 11.3. The van der Waals surface area contributed by atoms with E-state index in [9.17, 15) is 4.79 Å². The zero-order chi connectivity index (χ0) is 20.8. The monoisotopic (exact) mass is 406 g/mol. The molecule has 5 nitrogen and oxygen atoms in total. The molecular weight excluding hydrogens is 372 g/mol. The number of anilines is 1. The lowest BCUT2D eigenvalue weighted by Gasteiger charge is -2.32. The molecule has 2 aliphatic rings. The number of likely N-dealkylation sites (tertiary alicyclic amines) is 1. The van der Waals surface area contributed by atoms with Crippen LogP contribution in [0, 0.1) is 12.8 Å². The average Bonchev–Trinajstić information content (AvgIpc) is 3.25. The molecule has 0 saturated carbocycles. The highest BCUT2D eigenvalue weighted by molar-refractivity contribution is 5.74. The number of urea groups is 1. The first-order chi connectivity index (χ1) is 14.7. The highest BCUT2D eigenvalue weighted by Gasteiger charge is 2.24. The largest absolute Gasteiger partial charge is 0.371 e. The highest BCUT2D eigenvalue weighted by Crippen LogP contribution is 2.23. The van der Waals surface area contributed by atoms with E-state index in [1.165, 1.54) is 16.8 Å². The van der Waals surface area contributed by atoms with Crippen LogP contribution in [0.25, 0.3) is 0 Å². The van der Waals surface area contributed by atoms with Crippen LogP contribution in [0.3, 0.4) is 0 Å². The number of amides is 2. The minimum atomic E-state index is -0.00878. The van der Waals surface area contributed by atoms with E-state index < -0.39 is 0 Å². The van der Waals surface area contributed by atoms with Gasteiger partial charge in [-0.3, -0.25) is 4.90 Å². The maximum Gasteiger partial charge on any atom is 0.315 e. The van der Waals surface area contributed by atoms with Crippen molar-refractivity contribution >= 4 is 11.7 Å². The topological polar surface area (TPSA) is 47.6 Å². The third-order valence-corrected chi connectivity index (χ3v) is 6.54. The van der Waals surface area contributed by atoms with Crippen LogP contribution in [0.4, 0.5) is 10.5 Å². The number of hydrogen-bond acceptors (Lipinski definition) is 3. The number of carbonyl (C=O) groups excluding carboxylic acids is 1. The Morgan fingerprint density at radius 1 is 0.967 bits per heavy atom. The second-order valence-corrected chi connectivity index (χ2v) is 8.77. The van der Waals surface area contributed by atoms with Gasteiger partial charge in [-0.05, 0) is 55.4 Å². The summed E-state index contributed by atoms with van der Waals surface area (Å²) in [5, 5.41) is 6.30. The number of rotatable bonds is 6. The molecule has 0 aromatic heterocycles. The maximum absolute atomic E-state index is 12.4. The number of nitrogens with zero attached hydrogens (tertiary/aromatic N) is 2. The summed E-state index contributed by atoms with van der Waals surface area (Å²) in [5.41, 5.74) is 4.04. The van der Waals surface area contributed by atoms with E-state index in [-0.39, 0.29) is 12.1 Å². The molecular formula is C25H34N4O. The summed E-state index contributed by atoms with van der Waals surface area (Å²) in [6.07, 6.45) is 3.17. The molecule has 2 saturated heterocycles. The van der Waals surface area contributed by atoms with E-state index in [2.05, 4.69) is 82.0 Å². The van der Waals surface area contributed by atoms with Gasteiger partial charge in [-0.15, -0.1) is 0 Å². The Labute approximate surface area is 180 Å². The minimum Gasteiger partial charge on any atom is -0.371 e. The summed E-state index contributed by atoms with van der Waals surface area (Å²) in [6.45, 7) is 8.09. The predicted octanol–water partition coefficient (Wildman–Crippen LogP) is 3.79. The summed E-state index contributed by atoms with van der Waals surface area (Å²) >= 11 is 0. The van der Waals surface area contributed by atoms with Crippen LogP contribution in [0.5, 0.6) is 0 Å². The van der Waals surface area contributed by atoms with Crippen molar-refractivity contribution in [3.8, 4) is 0 Å². The normalized spacial score (nSPS) is 20.3. The number of para-hydroxylation sites is 1. The van der Waals surface area contributed by atoms with Crippen molar-refractivity contribution < 1.29 is 4.79 Å². The molecule has 0 radical (unpaired) electrons. The molecule has 0 bridgehead atoms. The van der Waals surface area contributed by atoms with Gasteiger partial charge in [0.05, 0.1) is 0 Å². The lowest BCUT2D eigenvalue weighted by molar-refractivity contribution is 0.186. The second-order valence-electron chi connectivity index (χ2n) is 8.77. The molecule has 2 heterocycles. The van der Waals surface area contributed by atoms with Crippen LogP contribution < -0.4 is 15.5 Å². The van der Waals surface area contributed by atoms with Gasteiger partial charge in [0.1, 0.15) is 0 Å². The molecule has 0 aliphatic carbocycles. The van der Waals surface area contributed by atoms with Crippen LogP contribution in [-0.2, 0) is 6.54 Å². The van der Waals surface area contributed by atoms with E-state index >= 15 is 0 Å². The van der Waals surface area contributed by atoms with Crippen LogP contribution in [0.15, 0.2) is 54.6 Å². The number of hydrogen-bond donors (Lipinski definition) is 2. The van der Waals surface area contributed by atoms with Gasteiger partial charge in [0.15, 0.2) is 0 Å². The Hall–Kier alpha value is -2.53. The van der Waals surface area contributed by atoms with E-state index in [0.717, 1.165) is 58.5 Å². The SMILES string of the molecule is Cc1ccccc1CN1CCC(NC(=O)NC[C@@H]2CCN(c3ccccc3)C2)CC1. The van der Waals surface area contributed by atoms with Crippen LogP contribution >= 0.6 is 0 Å². The molecule has 30 heavy (non-hydrogen) atoms. The Bertz CT molecular complexity index is 817. The van der Waals surface area contributed by atoms with Crippen molar-refractivity contribution in [1.82, 2.24) is 15.5 Å². The van der Waals surface area contributed by atoms with Gasteiger partial charge in [0, 0.05) is 51.0 Å². The number of benzene rings is 2. The summed E-state index contributed by atoms with van der Waals surface area (Å²) in [4.78, 5) is 17.3. The van der Waals surface area contributed by atoms with Crippen molar-refractivity contribution in [2.75, 3.05) is 37.6 Å². The van der Waals surface area contributed by atoms with Crippen LogP contribution in [0.2, 0.25) is 0 Å². The summed E-state index contributed by atoms with van der Waals surface area (Å²) in [7, 11) is 0. The standard InChI is InChI=1S/C25H34N4O/c1-20-7-5-6-8-22(20)19-28-14-12-23(13-15-28)27-25(30)26-17-21-11-16-29(18-21)24-9-3-2-4-10-24/h2-10,21,23H,11-19H2,1H3,(H2,26,27,30)/t21-/m0/s1.